The van der Waals surface area contributed by atoms with Crippen LogP contribution in [0.5, 0.6) is 11.5 Å². The number of ether oxygens (including phenoxy) is 2. The Morgan fingerprint density at radius 1 is 1.29 bits per heavy atom. The van der Waals surface area contributed by atoms with Crippen molar-refractivity contribution in [2.45, 2.75) is 12.8 Å². The summed E-state index contributed by atoms with van der Waals surface area (Å²) in [6, 6.07) is 5.26. The molecule has 2 rings (SSSR count). The van der Waals surface area contributed by atoms with Crippen LogP contribution in [0.3, 0.4) is 0 Å². The maximum atomic E-state index is 11.3. The third-order valence-electron chi connectivity index (χ3n) is 2.37. The van der Waals surface area contributed by atoms with E-state index in [9.17, 15) is 4.79 Å². The van der Waals surface area contributed by atoms with Gasteiger partial charge in [0, 0.05) is 18.2 Å². The highest BCUT2D eigenvalue weighted by Gasteiger charge is 2.11. The standard InChI is InChI=1S/C12H15NO4/c14-5-4-12(15)13-9-2-3-10-11(8-9)17-7-1-6-16-10/h2-3,8,14H,1,4-7H2,(H,13,15). The number of rotatable bonds is 3. The number of fused-ring (bicyclic) bond motifs is 1. The second-order valence-electron chi connectivity index (χ2n) is 3.73. The number of amides is 1. The molecule has 1 heterocycles. The van der Waals surface area contributed by atoms with Crippen molar-refractivity contribution in [2.24, 2.45) is 0 Å². The Bertz CT molecular complexity index is 405. The lowest BCUT2D eigenvalue weighted by atomic mass is 10.2. The molecule has 5 heteroatoms. The Labute approximate surface area is 99.3 Å². The van der Waals surface area contributed by atoms with Crippen LogP contribution < -0.4 is 14.8 Å². The number of nitrogens with one attached hydrogen (secondary N) is 1. The quantitative estimate of drug-likeness (QED) is 0.828. The lowest BCUT2D eigenvalue weighted by molar-refractivity contribution is -0.116. The summed E-state index contributed by atoms with van der Waals surface area (Å²) in [6.45, 7) is 1.10. The molecule has 1 aliphatic heterocycles. The SMILES string of the molecule is O=C(CCO)Nc1ccc2c(c1)OCCCO2. The molecule has 5 nitrogen and oxygen atoms in total. The molecular formula is C12H15NO4. The Balaban J connectivity index is 2.09. The van der Waals surface area contributed by atoms with E-state index < -0.39 is 0 Å². The molecule has 2 N–H and O–H groups in total. The van der Waals surface area contributed by atoms with Crippen LogP contribution in [0, 0.1) is 0 Å². The predicted octanol–water partition coefficient (Wildman–Crippen LogP) is 1.17. The van der Waals surface area contributed by atoms with E-state index in [1.807, 2.05) is 0 Å². The van der Waals surface area contributed by atoms with Gasteiger partial charge in [-0.1, -0.05) is 0 Å². The van der Waals surface area contributed by atoms with Crippen molar-refractivity contribution in [2.75, 3.05) is 25.1 Å². The maximum Gasteiger partial charge on any atom is 0.226 e. The fourth-order valence-corrected chi connectivity index (χ4v) is 1.57. The first-order valence-electron chi connectivity index (χ1n) is 5.60. The number of carbonyl (C=O) groups excluding carboxylic acids is 1. The Kier molecular flexibility index (Phi) is 3.82. The molecule has 0 atom stereocenters. The van der Waals surface area contributed by atoms with Gasteiger partial charge in [0.1, 0.15) is 0 Å². The van der Waals surface area contributed by atoms with Gasteiger partial charge in [-0.25, -0.2) is 0 Å². The van der Waals surface area contributed by atoms with Gasteiger partial charge in [0.05, 0.1) is 26.2 Å². The lowest BCUT2D eigenvalue weighted by Gasteiger charge is -2.10. The minimum Gasteiger partial charge on any atom is -0.490 e. The molecule has 0 bridgehead atoms. The number of hydrogen-bond acceptors (Lipinski definition) is 4. The van der Waals surface area contributed by atoms with E-state index in [0.29, 0.717) is 30.4 Å². The van der Waals surface area contributed by atoms with Crippen LogP contribution in [0.4, 0.5) is 5.69 Å². The summed E-state index contributed by atoms with van der Waals surface area (Å²) in [5.41, 5.74) is 0.646. The Morgan fingerprint density at radius 3 is 2.82 bits per heavy atom. The van der Waals surface area contributed by atoms with E-state index in [2.05, 4.69) is 5.32 Å². The Hall–Kier alpha value is -1.75. The van der Waals surface area contributed by atoms with Crippen LogP contribution in [0.1, 0.15) is 12.8 Å². The smallest absolute Gasteiger partial charge is 0.226 e. The molecule has 0 aromatic heterocycles. The zero-order chi connectivity index (χ0) is 12.1. The number of aliphatic hydroxyl groups excluding tert-OH is 1. The molecule has 0 unspecified atom stereocenters. The van der Waals surface area contributed by atoms with Gasteiger partial charge in [0.25, 0.3) is 0 Å². The van der Waals surface area contributed by atoms with Crippen molar-refractivity contribution in [1.82, 2.24) is 0 Å². The highest BCUT2D eigenvalue weighted by molar-refractivity contribution is 5.91. The monoisotopic (exact) mass is 237 g/mol. The van der Waals surface area contributed by atoms with Crippen LogP contribution in [0.2, 0.25) is 0 Å². The summed E-state index contributed by atoms with van der Waals surface area (Å²) in [4.78, 5) is 11.3. The van der Waals surface area contributed by atoms with Crippen LogP contribution >= 0.6 is 0 Å². The first-order chi connectivity index (χ1) is 8.29. The third-order valence-corrected chi connectivity index (χ3v) is 2.37. The summed E-state index contributed by atoms with van der Waals surface area (Å²) in [5, 5.41) is 11.3. The average molecular weight is 237 g/mol. The largest absolute Gasteiger partial charge is 0.490 e. The maximum absolute atomic E-state index is 11.3. The van der Waals surface area contributed by atoms with Crippen molar-refractivity contribution in [3.05, 3.63) is 18.2 Å². The van der Waals surface area contributed by atoms with Crippen LogP contribution in [0.15, 0.2) is 18.2 Å². The van der Waals surface area contributed by atoms with Crippen molar-refractivity contribution in [3.8, 4) is 11.5 Å². The van der Waals surface area contributed by atoms with Gasteiger partial charge in [-0.05, 0) is 12.1 Å². The molecule has 17 heavy (non-hydrogen) atoms. The van der Waals surface area contributed by atoms with E-state index >= 15 is 0 Å². The predicted molar refractivity (Wildman–Crippen MR) is 62.4 cm³/mol. The summed E-state index contributed by atoms with van der Waals surface area (Å²) >= 11 is 0. The number of benzene rings is 1. The molecule has 0 radical (unpaired) electrons. The molecule has 92 valence electrons. The van der Waals surface area contributed by atoms with E-state index in [1.54, 1.807) is 18.2 Å². The number of carbonyl (C=O) groups is 1. The topological polar surface area (TPSA) is 67.8 Å². The molecule has 1 aliphatic rings. The van der Waals surface area contributed by atoms with E-state index in [4.69, 9.17) is 14.6 Å². The lowest BCUT2D eigenvalue weighted by Crippen LogP contribution is -2.12. The van der Waals surface area contributed by atoms with Crippen molar-refractivity contribution < 1.29 is 19.4 Å². The van der Waals surface area contributed by atoms with Crippen LogP contribution in [0.25, 0.3) is 0 Å². The van der Waals surface area contributed by atoms with Gasteiger partial charge >= 0.3 is 0 Å². The second kappa shape index (κ2) is 5.54. The first kappa shape index (κ1) is 11.7. The zero-order valence-electron chi connectivity index (χ0n) is 9.44. The van der Waals surface area contributed by atoms with Gasteiger partial charge in [-0.3, -0.25) is 4.79 Å². The third kappa shape index (κ3) is 3.10. The highest BCUT2D eigenvalue weighted by Crippen LogP contribution is 2.32. The van der Waals surface area contributed by atoms with Crippen molar-refractivity contribution in [1.29, 1.82) is 0 Å². The summed E-state index contributed by atoms with van der Waals surface area (Å²) in [5.74, 6) is 1.12. The molecular weight excluding hydrogens is 222 g/mol. The zero-order valence-corrected chi connectivity index (χ0v) is 9.44. The molecule has 1 aromatic carbocycles. The minimum absolute atomic E-state index is 0.0917. The molecule has 1 aromatic rings. The number of anilines is 1. The normalized spacial score (nSPS) is 13.9. The van der Waals surface area contributed by atoms with E-state index in [0.717, 1.165) is 6.42 Å². The molecule has 0 saturated carbocycles. The van der Waals surface area contributed by atoms with Crippen LogP contribution in [-0.2, 0) is 4.79 Å². The van der Waals surface area contributed by atoms with Gasteiger partial charge < -0.3 is 19.9 Å². The molecule has 0 saturated heterocycles. The molecule has 0 aliphatic carbocycles. The van der Waals surface area contributed by atoms with E-state index in [1.165, 1.54) is 0 Å². The average Bonchev–Trinajstić information content (AvgIpc) is 2.53. The number of aliphatic hydroxyl groups is 1. The fourth-order valence-electron chi connectivity index (χ4n) is 1.57. The van der Waals surface area contributed by atoms with Gasteiger partial charge in [0.2, 0.25) is 5.91 Å². The van der Waals surface area contributed by atoms with Crippen molar-refractivity contribution >= 4 is 11.6 Å². The van der Waals surface area contributed by atoms with E-state index in [-0.39, 0.29) is 18.9 Å². The van der Waals surface area contributed by atoms with Crippen molar-refractivity contribution in [3.63, 3.8) is 0 Å². The Morgan fingerprint density at radius 2 is 2.06 bits per heavy atom. The minimum atomic E-state index is -0.220. The summed E-state index contributed by atoms with van der Waals surface area (Å²) in [6.07, 6.45) is 0.940. The highest BCUT2D eigenvalue weighted by atomic mass is 16.5. The van der Waals surface area contributed by atoms with Gasteiger partial charge in [-0.2, -0.15) is 0 Å². The molecule has 0 fully saturated rings. The molecule has 0 spiro atoms. The van der Waals surface area contributed by atoms with Gasteiger partial charge in [0.15, 0.2) is 11.5 Å². The number of hydrogen-bond donors (Lipinski definition) is 2. The fraction of sp³-hybridized carbons (Fsp3) is 0.417. The molecule has 1 amide bonds. The first-order valence-corrected chi connectivity index (χ1v) is 5.60. The second-order valence-corrected chi connectivity index (χ2v) is 3.73. The van der Waals surface area contributed by atoms with Gasteiger partial charge in [-0.15, -0.1) is 0 Å². The summed E-state index contributed by atoms with van der Waals surface area (Å²) < 4.78 is 11.0. The summed E-state index contributed by atoms with van der Waals surface area (Å²) in [7, 11) is 0. The van der Waals surface area contributed by atoms with Crippen LogP contribution in [-0.4, -0.2) is 30.8 Å².